The van der Waals surface area contributed by atoms with Gasteiger partial charge in [0.1, 0.15) is 5.69 Å². The molecule has 1 atom stereocenters. The number of unbranched alkanes of at least 4 members (excludes halogenated alkanes) is 1. The molecule has 1 aromatic carbocycles. The highest BCUT2D eigenvalue weighted by molar-refractivity contribution is 5.92. The zero-order chi connectivity index (χ0) is 15.9. The van der Waals surface area contributed by atoms with E-state index < -0.39 is 0 Å². The largest absolute Gasteiger partial charge is 0.344 e. The van der Waals surface area contributed by atoms with Gasteiger partial charge in [-0.05, 0) is 25.0 Å². The van der Waals surface area contributed by atoms with Crippen LogP contribution in [0.3, 0.4) is 0 Å². The maximum absolute atomic E-state index is 12.3. The lowest BCUT2D eigenvalue weighted by atomic mass is 10.1. The third-order valence-corrected chi connectivity index (χ3v) is 3.47. The van der Waals surface area contributed by atoms with Gasteiger partial charge in [-0.3, -0.25) is 9.59 Å². The maximum Gasteiger partial charge on any atom is 0.272 e. The number of carbonyl (C=O) groups is 1. The van der Waals surface area contributed by atoms with Crippen LogP contribution in [0.25, 0.3) is 0 Å². The Kier molecular flexibility index (Phi) is 5.47. The fraction of sp³-hybridized carbons (Fsp3) is 0.353. The Morgan fingerprint density at radius 1 is 1.23 bits per heavy atom. The highest BCUT2D eigenvalue weighted by Crippen LogP contribution is 2.11. The molecule has 0 bridgehead atoms. The Morgan fingerprint density at radius 2 is 1.95 bits per heavy atom. The van der Waals surface area contributed by atoms with Gasteiger partial charge in [-0.2, -0.15) is 5.10 Å². The number of hydrogen-bond donors (Lipinski definition) is 1. The van der Waals surface area contributed by atoms with Crippen molar-refractivity contribution in [3.63, 3.8) is 0 Å². The normalized spacial score (nSPS) is 11.9. The van der Waals surface area contributed by atoms with E-state index in [0.29, 0.717) is 6.54 Å². The van der Waals surface area contributed by atoms with Crippen molar-refractivity contribution in [3.05, 3.63) is 64.1 Å². The standard InChI is InChI=1S/C17H21N3O2/c1-3-4-12-20-16(21)11-10-15(19-20)17(22)18-13(2)14-8-6-5-7-9-14/h5-11,13H,3-4,12H2,1-2H3,(H,18,22)/t13-/m0/s1. The van der Waals surface area contributed by atoms with Crippen molar-refractivity contribution in [1.82, 2.24) is 15.1 Å². The van der Waals surface area contributed by atoms with E-state index in [0.717, 1.165) is 18.4 Å². The molecule has 5 nitrogen and oxygen atoms in total. The average Bonchev–Trinajstić information content (AvgIpc) is 2.54. The van der Waals surface area contributed by atoms with Crippen LogP contribution in [0.2, 0.25) is 0 Å². The zero-order valence-electron chi connectivity index (χ0n) is 13.0. The molecule has 0 unspecified atom stereocenters. The molecule has 1 amide bonds. The van der Waals surface area contributed by atoms with Crippen LogP contribution in [0.1, 0.15) is 48.8 Å². The van der Waals surface area contributed by atoms with Gasteiger partial charge in [0.05, 0.1) is 6.04 Å². The van der Waals surface area contributed by atoms with E-state index in [2.05, 4.69) is 10.4 Å². The molecule has 0 aliphatic carbocycles. The second-order valence-electron chi connectivity index (χ2n) is 5.24. The molecule has 1 N–H and O–H groups in total. The van der Waals surface area contributed by atoms with Gasteiger partial charge >= 0.3 is 0 Å². The SMILES string of the molecule is CCCCn1nc(C(=O)N[C@@H](C)c2ccccc2)ccc1=O. The van der Waals surface area contributed by atoms with Crippen molar-refractivity contribution in [2.45, 2.75) is 39.3 Å². The highest BCUT2D eigenvalue weighted by Gasteiger charge is 2.13. The van der Waals surface area contributed by atoms with Gasteiger partial charge in [0.15, 0.2) is 0 Å². The van der Waals surface area contributed by atoms with Gasteiger partial charge in [-0.25, -0.2) is 4.68 Å². The number of nitrogens with one attached hydrogen (secondary N) is 1. The molecule has 0 saturated carbocycles. The summed E-state index contributed by atoms with van der Waals surface area (Å²) < 4.78 is 1.35. The third-order valence-electron chi connectivity index (χ3n) is 3.47. The molecule has 2 aromatic rings. The summed E-state index contributed by atoms with van der Waals surface area (Å²) in [4.78, 5) is 24.0. The van der Waals surface area contributed by atoms with Gasteiger partial charge in [0.25, 0.3) is 11.5 Å². The summed E-state index contributed by atoms with van der Waals surface area (Å²) in [5.74, 6) is -0.276. The molecule has 0 aliphatic heterocycles. The third kappa shape index (κ3) is 4.04. The summed E-state index contributed by atoms with van der Waals surface area (Å²) in [5.41, 5.74) is 1.11. The van der Waals surface area contributed by atoms with Crippen molar-refractivity contribution in [1.29, 1.82) is 0 Å². The molecule has 116 valence electrons. The summed E-state index contributed by atoms with van der Waals surface area (Å²) in [6, 6.07) is 12.5. The summed E-state index contributed by atoms with van der Waals surface area (Å²) in [5, 5.41) is 7.05. The first-order chi connectivity index (χ1) is 10.6. The average molecular weight is 299 g/mol. The van der Waals surface area contributed by atoms with Crippen molar-refractivity contribution < 1.29 is 4.79 Å². The first-order valence-corrected chi connectivity index (χ1v) is 7.55. The number of carbonyl (C=O) groups excluding carboxylic acids is 1. The number of rotatable bonds is 6. The fourth-order valence-electron chi connectivity index (χ4n) is 2.13. The molecule has 0 aliphatic rings. The fourth-order valence-corrected chi connectivity index (χ4v) is 2.13. The first-order valence-electron chi connectivity index (χ1n) is 7.55. The smallest absolute Gasteiger partial charge is 0.272 e. The Bertz CT molecular complexity index is 680. The molecule has 0 radical (unpaired) electrons. The summed E-state index contributed by atoms with van der Waals surface area (Å²) in [6.45, 7) is 4.49. The lowest BCUT2D eigenvalue weighted by Crippen LogP contribution is -2.31. The lowest BCUT2D eigenvalue weighted by Gasteiger charge is -2.14. The molecule has 22 heavy (non-hydrogen) atoms. The molecule has 0 saturated heterocycles. The minimum absolute atomic E-state index is 0.119. The van der Waals surface area contributed by atoms with E-state index in [9.17, 15) is 9.59 Å². The van der Waals surface area contributed by atoms with Crippen LogP contribution in [0.4, 0.5) is 0 Å². The Morgan fingerprint density at radius 3 is 2.64 bits per heavy atom. The molecule has 0 fully saturated rings. The van der Waals surface area contributed by atoms with E-state index in [1.807, 2.05) is 44.2 Å². The molecular weight excluding hydrogens is 278 g/mol. The Balaban J connectivity index is 2.11. The van der Waals surface area contributed by atoms with E-state index in [4.69, 9.17) is 0 Å². The molecule has 1 heterocycles. The monoisotopic (exact) mass is 299 g/mol. The van der Waals surface area contributed by atoms with Crippen LogP contribution in [0, 0.1) is 0 Å². The van der Waals surface area contributed by atoms with Gasteiger partial charge < -0.3 is 5.32 Å². The second-order valence-corrected chi connectivity index (χ2v) is 5.24. The number of benzene rings is 1. The van der Waals surface area contributed by atoms with Crippen molar-refractivity contribution in [2.75, 3.05) is 0 Å². The maximum atomic E-state index is 12.3. The van der Waals surface area contributed by atoms with Crippen LogP contribution in [0.5, 0.6) is 0 Å². The van der Waals surface area contributed by atoms with Gasteiger partial charge in [0, 0.05) is 12.6 Å². The summed E-state index contributed by atoms with van der Waals surface area (Å²) in [7, 11) is 0. The van der Waals surface area contributed by atoms with Crippen LogP contribution in [0.15, 0.2) is 47.3 Å². The minimum atomic E-state index is -0.276. The quantitative estimate of drug-likeness (QED) is 0.891. The van der Waals surface area contributed by atoms with Crippen LogP contribution < -0.4 is 10.9 Å². The van der Waals surface area contributed by atoms with E-state index in [1.54, 1.807) is 0 Å². The van der Waals surface area contributed by atoms with Crippen LogP contribution in [-0.2, 0) is 6.54 Å². The van der Waals surface area contributed by atoms with Crippen molar-refractivity contribution in [3.8, 4) is 0 Å². The first kappa shape index (κ1) is 15.9. The van der Waals surface area contributed by atoms with Crippen LogP contribution in [-0.4, -0.2) is 15.7 Å². The minimum Gasteiger partial charge on any atom is -0.344 e. The number of amides is 1. The number of hydrogen-bond acceptors (Lipinski definition) is 3. The summed E-state index contributed by atoms with van der Waals surface area (Å²) in [6.07, 6.45) is 1.83. The number of nitrogens with zero attached hydrogens (tertiary/aromatic N) is 2. The molecule has 1 aromatic heterocycles. The number of aromatic nitrogens is 2. The zero-order valence-corrected chi connectivity index (χ0v) is 13.0. The number of aryl methyl sites for hydroxylation is 1. The highest BCUT2D eigenvalue weighted by atomic mass is 16.2. The molecule has 0 spiro atoms. The predicted molar refractivity (Wildman–Crippen MR) is 85.7 cm³/mol. The van der Waals surface area contributed by atoms with E-state index in [1.165, 1.54) is 16.8 Å². The topological polar surface area (TPSA) is 64.0 Å². The van der Waals surface area contributed by atoms with E-state index >= 15 is 0 Å². The Hall–Kier alpha value is -2.43. The lowest BCUT2D eigenvalue weighted by molar-refractivity contribution is 0.0932. The van der Waals surface area contributed by atoms with Gasteiger partial charge in [0.2, 0.25) is 0 Å². The second kappa shape index (κ2) is 7.54. The molecular formula is C17H21N3O2. The predicted octanol–water partition coefficient (Wildman–Crippen LogP) is 2.53. The Labute approximate surface area is 130 Å². The molecule has 2 rings (SSSR count). The summed E-state index contributed by atoms with van der Waals surface area (Å²) >= 11 is 0. The van der Waals surface area contributed by atoms with Crippen molar-refractivity contribution in [2.24, 2.45) is 0 Å². The van der Waals surface area contributed by atoms with Gasteiger partial charge in [-0.15, -0.1) is 0 Å². The van der Waals surface area contributed by atoms with E-state index in [-0.39, 0.29) is 23.2 Å². The molecule has 5 heteroatoms. The van der Waals surface area contributed by atoms with Gasteiger partial charge in [-0.1, -0.05) is 43.7 Å². The van der Waals surface area contributed by atoms with Crippen LogP contribution >= 0.6 is 0 Å². The van der Waals surface area contributed by atoms with Crippen molar-refractivity contribution >= 4 is 5.91 Å².